The van der Waals surface area contributed by atoms with E-state index in [-0.39, 0.29) is 15.8 Å². The molecule has 0 atom stereocenters. The number of amides is 1. The fourth-order valence-corrected chi connectivity index (χ4v) is 4.58. The quantitative estimate of drug-likeness (QED) is 0.846. The molecule has 3 rings (SSSR count). The summed E-state index contributed by atoms with van der Waals surface area (Å²) < 4.78 is 28.2. The molecule has 144 valence electrons. The Balaban J connectivity index is 1.88. The number of nitrogens with one attached hydrogen (secondary N) is 1. The molecule has 0 aromatic heterocycles. The Morgan fingerprint density at radius 3 is 2.41 bits per heavy atom. The first-order valence-corrected chi connectivity index (χ1v) is 10.5. The topological polar surface area (TPSA) is 69.7 Å². The van der Waals surface area contributed by atoms with Gasteiger partial charge in [-0.2, -0.15) is 0 Å². The van der Waals surface area contributed by atoms with Crippen LogP contribution in [0.4, 0.5) is 5.69 Å². The molecule has 0 aliphatic carbocycles. The molecule has 1 heterocycles. The normalized spacial score (nSPS) is 15.6. The van der Waals surface area contributed by atoms with Gasteiger partial charge in [0.1, 0.15) is 4.90 Å². The molecule has 27 heavy (non-hydrogen) atoms. The zero-order valence-electron chi connectivity index (χ0n) is 15.3. The van der Waals surface area contributed by atoms with E-state index in [9.17, 15) is 13.2 Å². The van der Waals surface area contributed by atoms with E-state index in [2.05, 4.69) is 9.62 Å². The van der Waals surface area contributed by atoms with Gasteiger partial charge in [0.05, 0.1) is 10.7 Å². The monoisotopic (exact) mass is 407 g/mol. The van der Waals surface area contributed by atoms with Crippen LogP contribution in [0.25, 0.3) is 0 Å². The van der Waals surface area contributed by atoms with Crippen molar-refractivity contribution in [2.75, 3.05) is 37.9 Å². The van der Waals surface area contributed by atoms with Gasteiger partial charge < -0.3 is 9.80 Å². The lowest BCUT2D eigenvalue weighted by Gasteiger charge is -2.32. The molecule has 0 bridgehead atoms. The van der Waals surface area contributed by atoms with Crippen LogP contribution >= 0.6 is 11.6 Å². The van der Waals surface area contributed by atoms with E-state index >= 15 is 0 Å². The van der Waals surface area contributed by atoms with Crippen molar-refractivity contribution >= 4 is 33.2 Å². The maximum Gasteiger partial charge on any atom is 0.263 e. The number of anilines is 1. The van der Waals surface area contributed by atoms with E-state index in [1.807, 2.05) is 26.1 Å². The number of aryl methyl sites for hydroxylation is 1. The molecule has 1 aliphatic heterocycles. The third-order valence-electron chi connectivity index (χ3n) is 4.65. The van der Waals surface area contributed by atoms with E-state index in [1.54, 1.807) is 23.1 Å². The van der Waals surface area contributed by atoms with Gasteiger partial charge in [-0.25, -0.2) is 8.42 Å². The molecule has 1 saturated heterocycles. The second kappa shape index (κ2) is 7.88. The molecule has 1 N–H and O–H groups in total. The second-order valence-electron chi connectivity index (χ2n) is 6.66. The Morgan fingerprint density at radius 2 is 1.74 bits per heavy atom. The second-order valence-corrected chi connectivity index (χ2v) is 8.72. The Bertz CT molecular complexity index is 954. The van der Waals surface area contributed by atoms with Gasteiger partial charge in [-0.15, -0.1) is 0 Å². The molecule has 0 saturated carbocycles. The van der Waals surface area contributed by atoms with Crippen LogP contribution in [0.5, 0.6) is 0 Å². The van der Waals surface area contributed by atoms with Crippen LogP contribution in [0.15, 0.2) is 47.4 Å². The van der Waals surface area contributed by atoms with E-state index < -0.39 is 10.0 Å². The van der Waals surface area contributed by atoms with Crippen molar-refractivity contribution in [2.45, 2.75) is 11.8 Å². The predicted octanol–water partition coefficient (Wildman–Crippen LogP) is 2.84. The van der Waals surface area contributed by atoms with Crippen LogP contribution in [-0.2, 0) is 10.0 Å². The largest absolute Gasteiger partial charge is 0.336 e. The zero-order valence-corrected chi connectivity index (χ0v) is 16.8. The first-order valence-electron chi connectivity index (χ1n) is 8.64. The number of piperazine rings is 1. The number of hydrogen-bond acceptors (Lipinski definition) is 4. The standard InChI is InChI=1S/C19H22ClN3O3S/c1-14-5-3-4-6-17(14)21-27(25,26)18-13-15(7-8-16(18)20)19(24)23-11-9-22(2)10-12-23/h3-8,13,21H,9-12H2,1-2H3. The summed E-state index contributed by atoms with van der Waals surface area (Å²) in [4.78, 5) is 16.5. The van der Waals surface area contributed by atoms with Crippen molar-refractivity contribution in [1.29, 1.82) is 0 Å². The molecule has 2 aromatic carbocycles. The van der Waals surface area contributed by atoms with Gasteiger partial charge in [0.15, 0.2) is 0 Å². The summed E-state index contributed by atoms with van der Waals surface area (Å²) in [6.07, 6.45) is 0. The van der Waals surface area contributed by atoms with Crippen molar-refractivity contribution in [3.63, 3.8) is 0 Å². The highest BCUT2D eigenvalue weighted by Crippen LogP contribution is 2.26. The lowest BCUT2D eigenvalue weighted by Crippen LogP contribution is -2.47. The third kappa shape index (κ3) is 4.43. The highest BCUT2D eigenvalue weighted by molar-refractivity contribution is 7.92. The van der Waals surface area contributed by atoms with Crippen LogP contribution in [-0.4, -0.2) is 57.4 Å². The summed E-state index contributed by atoms with van der Waals surface area (Å²) in [7, 11) is -1.92. The Labute approximate surface area is 164 Å². The van der Waals surface area contributed by atoms with E-state index in [0.29, 0.717) is 24.3 Å². The molecule has 1 fully saturated rings. The number of halogens is 1. The summed E-state index contributed by atoms with van der Waals surface area (Å²) in [5, 5.41) is 0.0750. The fourth-order valence-electron chi connectivity index (χ4n) is 2.92. The molecule has 0 unspecified atom stereocenters. The van der Waals surface area contributed by atoms with Gasteiger partial charge in [-0.1, -0.05) is 29.8 Å². The molecule has 8 heteroatoms. The van der Waals surface area contributed by atoms with Crippen molar-refractivity contribution in [2.24, 2.45) is 0 Å². The average Bonchev–Trinajstić information content (AvgIpc) is 2.64. The molecule has 6 nitrogen and oxygen atoms in total. The molecule has 0 spiro atoms. The van der Waals surface area contributed by atoms with Crippen LogP contribution in [0, 0.1) is 6.92 Å². The number of benzene rings is 2. The Hall–Kier alpha value is -2.09. The number of likely N-dealkylation sites (N-methyl/N-ethyl adjacent to an activating group) is 1. The summed E-state index contributed by atoms with van der Waals surface area (Å²) in [5.41, 5.74) is 1.58. The number of sulfonamides is 1. The zero-order chi connectivity index (χ0) is 19.6. The maximum absolute atomic E-state index is 12.8. The van der Waals surface area contributed by atoms with E-state index in [1.165, 1.54) is 12.1 Å². The van der Waals surface area contributed by atoms with Crippen molar-refractivity contribution in [1.82, 2.24) is 9.80 Å². The molecular formula is C19H22ClN3O3S. The molecule has 1 aliphatic rings. The van der Waals surface area contributed by atoms with Crippen LogP contribution < -0.4 is 4.72 Å². The number of hydrogen-bond donors (Lipinski definition) is 1. The molecule has 1 amide bonds. The maximum atomic E-state index is 12.8. The minimum atomic E-state index is -3.92. The first-order chi connectivity index (χ1) is 12.8. The molecule has 2 aromatic rings. The smallest absolute Gasteiger partial charge is 0.263 e. The van der Waals surface area contributed by atoms with Gasteiger partial charge in [0.2, 0.25) is 0 Å². The van der Waals surface area contributed by atoms with Gasteiger partial charge in [-0.05, 0) is 43.8 Å². The highest BCUT2D eigenvalue weighted by Gasteiger charge is 2.24. The van der Waals surface area contributed by atoms with Gasteiger partial charge in [-0.3, -0.25) is 9.52 Å². The van der Waals surface area contributed by atoms with Crippen molar-refractivity contribution < 1.29 is 13.2 Å². The van der Waals surface area contributed by atoms with Crippen LogP contribution in [0.1, 0.15) is 15.9 Å². The first kappa shape index (κ1) is 19.7. The summed E-state index contributed by atoms with van der Waals surface area (Å²) in [6, 6.07) is 11.4. The minimum Gasteiger partial charge on any atom is -0.336 e. The summed E-state index contributed by atoms with van der Waals surface area (Å²) in [5.74, 6) is -0.188. The summed E-state index contributed by atoms with van der Waals surface area (Å²) >= 11 is 6.15. The van der Waals surface area contributed by atoms with Gasteiger partial charge in [0, 0.05) is 31.7 Å². The van der Waals surface area contributed by atoms with Crippen molar-refractivity contribution in [3.05, 3.63) is 58.6 Å². The lowest BCUT2D eigenvalue weighted by molar-refractivity contribution is 0.0664. The fraction of sp³-hybridized carbons (Fsp3) is 0.316. The van der Waals surface area contributed by atoms with Crippen LogP contribution in [0.2, 0.25) is 5.02 Å². The summed E-state index contributed by atoms with van der Waals surface area (Å²) in [6.45, 7) is 4.62. The number of carbonyl (C=O) groups is 1. The van der Waals surface area contributed by atoms with E-state index in [4.69, 9.17) is 11.6 Å². The molecule has 0 radical (unpaired) electrons. The number of para-hydroxylation sites is 1. The average molecular weight is 408 g/mol. The third-order valence-corrected chi connectivity index (χ3v) is 6.49. The SMILES string of the molecule is Cc1ccccc1NS(=O)(=O)c1cc(C(=O)N2CCN(C)CC2)ccc1Cl. The predicted molar refractivity (Wildman–Crippen MR) is 107 cm³/mol. The van der Waals surface area contributed by atoms with Gasteiger partial charge in [0.25, 0.3) is 15.9 Å². The van der Waals surface area contributed by atoms with E-state index in [0.717, 1.165) is 18.7 Å². The Kier molecular flexibility index (Phi) is 5.74. The number of carbonyl (C=O) groups excluding carboxylic acids is 1. The highest BCUT2D eigenvalue weighted by atomic mass is 35.5. The van der Waals surface area contributed by atoms with Gasteiger partial charge >= 0.3 is 0 Å². The van der Waals surface area contributed by atoms with Crippen LogP contribution in [0.3, 0.4) is 0 Å². The number of rotatable bonds is 4. The lowest BCUT2D eigenvalue weighted by atomic mass is 10.2. The number of nitrogens with zero attached hydrogens (tertiary/aromatic N) is 2. The molecular weight excluding hydrogens is 386 g/mol. The Morgan fingerprint density at radius 1 is 1.07 bits per heavy atom. The minimum absolute atomic E-state index is 0.0750. The van der Waals surface area contributed by atoms with Crippen molar-refractivity contribution in [3.8, 4) is 0 Å².